The van der Waals surface area contributed by atoms with E-state index >= 15 is 0 Å². The van der Waals surface area contributed by atoms with Gasteiger partial charge in [-0.25, -0.2) is 15.0 Å². The molecule has 0 atom stereocenters. The maximum Gasteiger partial charge on any atom is 0.164 e. The second-order valence-corrected chi connectivity index (χ2v) is 14.5. The molecule has 10 heteroatoms. The Kier molecular flexibility index (Phi) is 7.70. The van der Waals surface area contributed by atoms with E-state index < -0.39 is 0 Å². The molecule has 55 heavy (non-hydrogen) atoms. The highest BCUT2D eigenvalue weighted by Crippen LogP contribution is 2.42. The smallest absolute Gasteiger partial charge is 0.164 e. The SMILES string of the molecule is Bc1c(B)c(B)c(-c2ccc(-c3ccc(-c4nc(-c5ccccc5)nc(-c5cccc6oc7ccccc7c56)n4)c4c3oc3ccccc34)cc2)c(B)c1B. The van der Waals surface area contributed by atoms with Crippen LogP contribution in [0.1, 0.15) is 0 Å². The van der Waals surface area contributed by atoms with E-state index in [4.69, 9.17) is 23.8 Å². The van der Waals surface area contributed by atoms with Crippen LogP contribution in [0.2, 0.25) is 0 Å². The normalized spacial score (nSPS) is 11.6. The average Bonchev–Trinajstić information content (AvgIpc) is 3.82. The molecule has 0 saturated heterocycles. The van der Waals surface area contributed by atoms with Crippen LogP contribution >= 0.6 is 0 Å². The summed E-state index contributed by atoms with van der Waals surface area (Å²) in [5, 5.41) is 3.98. The van der Waals surface area contributed by atoms with Crippen molar-refractivity contribution in [3.63, 3.8) is 0 Å². The standard InChI is InChI=1S/C45H32B5N3O2/c46-37-34(38(47)40(49)41(50)39(37)48)24-19-17-23(18-20-24)26-21-22-30(36-28-12-5-7-15-32(28)55-42(26)36)45-52-43(25-9-2-1-3-10-25)51-44(53-45)29-13-8-16-33-35(29)27-11-4-6-14-31(27)54-33/h1-22H,46-50H2. The van der Waals surface area contributed by atoms with Crippen molar-refractivity contribution < 1.29 is 8.83 Å². The first kappa shape index (κ1) is 33.1. The monoisotopic (exact) mass is 701 g/mol. The minimum Gasteiger partial charge on any atom is -0.456 e. The Morgan fingerprint density at radius 3 is 1.55 bits per heavy atom. The highest BCUT2D eigenvalue weighted by Gasteiger charge is 2.22. The quantitative estimate of drug-likeness (QED) is 0.258. The summed E-state index contributed by atoms with van der Waals surface area (Å²) >= 11 is 0. The zero-order valence-electron chi connectivity index (χ0n) is 31.4. The number of hydrogen-bond acceptors (Lipinski definition) is 5. The molecule has 0 spiro atoms. The maximum absolute atomic E-state index is 6.74. The lowest BCUT2D eigenvalue weighted by Crippen LogP contribution is -2.55. The van der Waals surface area contributed by atoms with Crippen molar-refractivity contribution in [1.82, 2.24) is 15.0 Å². The molecule has 0 aliphatic heterocycles. The van der Waals surface area contributed by atoms with Crippen molar-refractivity contribution in [2.75, 3.05) is 0 Å². The van der Waals surface area contributed by atoms with Crippen molar-refractivity contribution in [2.45, 2.75) is 0 Å². The van der Waals surface area contributed by atoms with E-state index in [9.17, 15) is 0 Å². The molecule has 10 rings (SSSR count). The fourth-order valence-electron chi connectivity index (χ4n) is 8.29. The van der Waals surface area contributed by atoms with Gasteiger partial charge in [0.05, 0.1) is 0 Å². The molecule has 0 N–H and O–H groups in total. The molecule has 10 aromatic rings. The molecular formula is C45H32B5N3O2. The Balaban J connectivity index is 1.18. The van der Waals surface area contributed by atoms with Gasteiger partial charge in [0, 0.05) is 43.8 Å². The molecule has 0 aliphatic rings. The van der Waals surface area contributed by atoms with E-state index in [1.807, 2.05) is 72.8 Å². The number of rotatable bonds is 5. The summed E-state index contributed by atoms with van der Waals surface area (Å²) in [6, 6.07) is 45.6. The van der Waals surface area contributed by atoms with Crippen molar-refractivity contribution in [1.29, 1.82) is 0 Å². The lowest BCUT2D eigenvalue weighted by atomic mass is 9.59. The Labute approximate surface area is 322 Å². The second kappa shape index (κ2) is 12.8. The van der Waals surface area contributed by atoms with Crippen LogP contribution in [-0.4, -0.2) is 54.2 Å². The van der Waals surface area contributed by atoms with Crippen LogP contribution in [0.25, 0.3) is 100 Å². The topological polar surface area (TPSA) is 65.0 Å². The number of furan rings is 2. The van der Waals surface area contributed by atoms with Crippen molar-refractivity contribution in [3.8, 4) is 56.4 Å². The molecule has 0 saturated carbocycles. The number of fused-ring (bicyclic) bond motifs is 6. The molecule has 0 radical (unpaired) electrons. The lowest BCUT2D eigenvalue weighted by molar-refractivity contribution is 0.669. The third-order valence-corrected chi connectivity index (χ3v) is 11.6. The van der Waals surface area contributed by atoms with Crippen LogP contribution in [0.4, 0.5) is 0 Å². The van der Waals surface area contributed by atoms with Gasteiger partial charge in [-0.3, -0.25) is 0 Å². The van der Waals surface area contributed by atoms with Crippen LogP contribution in [0.5, 0.6) is 0 Å². The molecule has 0 fully saturated rings. The highest BCUT2D eigenvalue weighted by molar-refractivity contribution is 6.68. The maximum atomic E-state index is 6.74. The van der Waals surface area contributed by atoms with E-state index in [-0.39, 0.29) is 0 Å². The van der Waals surface area contributed by atoms with Gasteiger partial charge in [0.2, 0.25) is 0 Å². The summed E-state index contributed by atoms with van der Waals surface area (Å²) in [6.45, 7) is 0. The Hall–Kier alpha value is -6.53. The third-order valence-electron chi connectivity index (χ3n) is 11.6. The molecule has 0 amide bonds. The molecule has 3 aromatic heterocycles. The third kappa shape index (κ3) is 5.27. The second-order valence-electron chi connectivity index (χ2n) is 14.5. The van der Waals surface area contributed by atoms with Gasteiger partial charge in [-0.2, -0.15) is 0 Å². The lowest BCUT2D eigenvalue weighted by Gasteiger charge is -2.20. The van der Waals surface area contributed by atoms with E-state index in [1.54, 1.807) is 0 Å². The van der Waals surface area contributed by atoms with Gasteiger partial charge in [-0.05, 0) is 47.0 Å². The van der Waals surface area contributed by atoms with Gasteiger partial charge in [0.1, 0.15) is 61.6 Å². The largest absolute Gasteiger partial charge is 0.456 e. The predicted molar refractivity (Wildman–Crippen MR) is 242 cm³/mol. The van der Waals surface area contributed by atoms with Crippen molar-refractivity contribution in [3.05, 3.63) is 133 Å². The molecule has 3 heterocycles. The van der Waals surface area contributed by atoms with Gasteiger partial charge in [-0.1, -0.05) is 114 Å². The van der Waals surface area contributed by atoms with E-state index in [2.05, 4.69) is 99.9 Å². The Morgan fingerprint density at radius 1 is 0.345 bits per heavy atom. The van der Waals surface area contributed by atoms with Crippen LogP contribution in [0, 0.1) is 0 Å². The molecule has 254 valence electrons. The molecule has 5 nitrogen and oxygen atoms in total. The predicted octanol–water partition coefficient (Wildman–Crippen LogP) is 3.30. The minimum atomic E-state index is 0.572. The average molecular weight is 701 g/mol. The molecule has 0 aliphatic carbocycles. The summed E-state index contributed by atoms with van der Waals surface area (Å²) < 4.78 is 13.0. The summed E-state index contributed by atoms with van der Waals surface area (Å²) in [5.41, 5.74) is 17.3. The first-order valence-corrected chi connectivity index (χ1v) is 18.7. The Morgan fingerprint density at radius 2 is 0.855 bits per heavy atom. The molecule has 7 aromatic carbocycles. The van der Waals surface area contributed by atoms with Crippen LogP contribution in [0.3, 0.4) is 0 Å². The summed E-state index contributed by atoms with van der Waals surface area (Å²) in [4.78, 5) is 15.5. The van der Waals surface area contributed by atoms with E-state index in [0.29, 0.717) is 17.5 Å². The fourth-order valence-corrected chi connectivity index (χ4v) is 8.29. The van der Waals surface area contributed by atoms with Crippen molar-refractivity contribution >= 4 is 110 Å². The van der Waals surface area contributed by atoms with Crippen molar-refractivity contribution in [2.24, 2.45) is 0 Å². The number of aromatic nitrogens is 3. The van der Waals surface area contributed by atoms with Gasteiger partial charge in [0.25, 0.3) is 0 Å². The van der Waals surface area contributed by atoms with Crippen LogP contribution in [0.15, 0.2) is 142 Å². The van der Waals surface area contributed by atoms with Crippen LogP contribution in [-0.2, 0) is 0 Å². The number of hydrogen-bond donors (Lipinski definition) is 0. The number of para-hydroxylation sites is 2. The molecule has 0 bridgehead atoms. The summed E-state index contributed by atoms with van der Waals surface area (Å²) in [5.74, 6) is 1.75. The summed E-state index contributed by atoms with van der Waals surface area (Å²) in [6.07, 6.45) is 0. The minimum absolute atomic E-state index is 0.572. The van der Waals surface area contributed by atoms with Gasteiger partial charge in [-0.15, -0.1) is 16.4 Å². The molecular weight excluding hydrogens is 669 g/mol. The first-order valence-electron chi connectivity index (χ1n) is 18.7. The Bertz CT molecular complexity index is 3130. The van der Waals surface area contributed by atoms with E-state index in [0.717, 1.165) is 71.7 Å². The first-order chi connectivity index (χ1) is 26.9. The van der Waals surface area contributed by atoms with Gasteiger partial charge < -0.3 is 8.83 Å². The zero-order chi connectivity index (χ0) is 37.4. The molecule has 0 unspecified atom stereocenters. The highest BCUT2D eigenvalue weighted by atomic mass is 16.3. The van der Waals surface area contributed by atoms with Gasteiger partial charge in [0.15, 0.2) is 17.5 Å². The van der Waals surface area contributed by atoms with Gasteiger partial charge >= 0.3 is 0 Å². The number of nitrogens with zero attached hydrogens (tertiary/aromatic N) is 3. The van der Waals surface area contributed by atoms with Crippen LogP contribution < -0.4 is 27.3 Å². The fraction of sp³-hybridized carbons (Fsp3) is 0. The number of benzene rings is 7. The van der Waals surface area contributed by atoms with E-state index in [1.165, 1.54) is 38.4 Å². The summed E-state index contributed by atoms with van der Waals surface area (Å²) in [7, 11) is 11.2. The zero-order valence-corrected chi connectivity index (χ0v) is 31.4.